The van der Waals surface area contributed by atoms with Crippen molar-refractivity contribution in [3.63, 3.8) is 0 Å². The zero-order valence-electron chi connectivity index (χ0n) is 6.77. The van der Waals surface area contributed by atoms with Crippen molar-refractivity contribution in [2.45, 2.75) is 20.8 Å². The molecule has 0 rings (SSSR count). The predicted octanol–water partition coefficient (Wildman–Crippen LogP) is 2.75. The van der Waals surface area contributed by atoms with E-state index in [0.717, 1.165) is 5.76 Å². The molecule has 0 unspecified atom stereocenters. The van der Waals surface area contributed by atoms with Gasteiger partial charge in [-0.2, -0.15) is 0 Å². The summed E-state index contributed by atoms with van der Waals surface area (Å²) < 4.78 is 4.78. The van der Waals surface area contributed by atoms with Crippen molar-refractivity contribution in [1.29, 1.82) is 0 Å². The normalized spacial score (nSPS) is 9.11. The predicted molar refractivity (Wildman–Crippen MR) is 42.3 cm³/mol. The van der Waals surface area contributed by atoms with Gasteiger partial charge < -0.3 is 4.74 Å². The Labute approximate surface area is 58.0 Å². The molecule has 0 aliphatic rings. The van der Waals surface area contributed by atoms with E-state index in [1.807, 2.05) is 20.8 Å². The number of rotatable bonds is 2. The largest absolute Gasteiger partial charge is 0.501 e. The van der Waals surface area contributed by atoms with Gasteiger partial charge in [-0.3, -0.25) is 0 Å². The molecule has 0 radical (unpaired) electrons. The van der Waals surface area contributed by atoms with Crippen molar-refractivity contribution in [1.82, 2.24) is 0 Å². The summed E-state index contributed by atoms with van der Waals surface area (Å²) in [6.45, 7) is 9.37. The van der Waals surface area contributed by atoms with Crippen LogP contribution in [0.4, 0.5) is 0 Å². The third kappa shape index (κ3) is 11.1. The summed E-state index contributed by atoms with van der Waals surface area (Å²) in [6.07, 6.45) is 3.50. The lowest BCUT2D eigenvalue weighted by Gasteiger charge is -1.92. The van der Waals surface area contributed by atoms with E-state index >= 15 is 0 Å². The van der Waals surface area contributed by atoms with Crippen LogP contribution in [0.5, 0.6) is 0 Å². The molecule has 0 bridgehead atoms. The van der Waals surface area contributed by atoms with Gasteiger partial charge in [0.25, 0.3) is 0 Å². The summed E-state index contributed by atoms with van der Waals surface area (Å²) in [5.74, 6) is 0.884. The van der Waals surface area contributed by atoms with Gasteiger partial charge in [0, 0.05) is 0 Å². The summed E-state index contributed by atoms with van der Waals surface area (Å²) >= 11 is 0. The van der Waals surface area contributed by atoms with E-state index in [4.69, 9.17) is 4.74 Å². The number of ether oxygens (including phenoxy) is 1. The zero-order chi connectivity index (χ0) is 7.70. The van der Waals surface area contributed by atoms with Gasteiger partial charge in [0.2, 0.25) is 0 Å². The monoisotopic (exact) mass is 128 g/mol. The fraction of sp³-hybridized carbons (Fsp3) is 0.500. The zero-order valence-corrected chi connectivity index (χ0v) is 6.77. The second-order valence-corrected chi connectivity index (χ2v) is 1.22. The molecule has 0 aromatic heterocycles. The van der Waals surface area contributed by atoms with E-state index in [-0.39, 0.29) is 0 Å². The highest BCUT2D eigenvalue weighted by atomic mass is 16.5. The molecule has 0 amide bonds. The average Bonchev–Trinajstić information content (AvgIpc) is 1.93. The minimum atomic E-state index is 0.884. The van der Waals surface area contributed by atoms with Gasteiger partial charge >= 0.3 is 0 Å². The molecule has 0 aromatic carbocycles. The van der Waals surface area contributed by atoms with Crippen LogP contribution in [0.2, 0.25) is 0 Å². The Hall–Kier alpha value is -0.720. The Balaban J connectivity index is 0. The lowest BCUT2D eigenvalue weighted by Crippen LogP contribution is -1.74. The van der Waals surface area contributed by atoms with Gasteiger partial charge in [0.15, 0.2) is 0 Å². The molecular formula is C8H16O. The second kappa shape index (κ2) is 10.3. The Morgan fingerprint density at radius 2 is 1.89 bits per heavy atom. The number of hydrogen-bond acceptors (Lipinski definition) is 1. The first-order chi connectivity index (χ1) is 4.31. The van der Waals surface area contributed by atoms with Crippen molar-refractivity contribution in [3.05, 3.63) is 24.5 Å². The Morgan fingerprint density at radius 3 is 2.00 bits per heavy atom. The Morgan fingerprint density at radius 1 is 1.44 bits per heavy atom. The van der Waals surface area contributed by atoms with Gasteiger partial charge in [0.05, 0.1) is 12.9 Å². The molecule has 9 heavy (non-hydrogen) atoms. The van der Waals surface area contributed by atoms with Crippen LogP contribution < -0.4 is 0 Å². The second-order valence-electron chi connectivity index (χ2n) is 1.22. The van der Waals surface area contributed by atoms with Crippen molar-refractivity contribution in [3.8, 4) is 0 Å². The van der Waals surface area contributed by atoms with Crippen LogP contribution in [0.3, 0.4) is 0 Å². The van der Waals surface area contributed by atoms with E-state index < -0.39 is 0 Å². The van der Waals surface area contributed by atoms with Gasteiger partial charge in [0.1, 0.15) is 0 Å². The van der Waals surface area contributed by atoms with Gasteiger partial charge in [-0.05, 0) is 13.0 Å². The minimum Gasteiger partial charge on any atom is -0.501 e. The molecule has 0 heterocycles. The first kappa shape index (κ1) is 11.1. The van der Waals surface area contributed by atoms with Crippen molar-refractivity contribution >= 4 is 0 Å². The summed E-state index contributed by atoms with van der Waals surface area (Å²) in [5.41, 5.74) is 0. The topological polar surface area (TPSA) is 9.23 Å². The van der Waals surface area contributed by atoms with Crippen molar-refractivity contribution in [2.24, 2.45) is 0 Å². The highest BCUT2D eigenvalue weighted by Crippen LogP contribution is 1.89. The van der Waals surface area contributed by atoms with Gasteiger partial charge in [-0.1, -0.05) is 26.5 Å². The molecular weight excluding hydrogens is 112 g/mol. The van der Waals surface area contributed by atoms with E-state index in [0.29, 0.717) is 0 Å². The number of methoxy groups -OCH3 is 1. The van der Waals surface area contributed by atoms with E-state index in [2.05, 4.69) is 6.58 Å². The maximum Gasteiger partial charge on any atom is 0.0924 e. The first-order valence-electron chi connectivity index (χ1n) is 3.14. The third-order valence-electron chi connectivity index (χ3n) is 0.675. The Kier molecular flexibility index (Phi) is 12.7. The molecule has 0 fully saturated rings. The number of allylic oxidation sites excluding steroid dienone is 3. The SMILES string of the molecule is C=C/C=C(\C)OC.CC. The average molecular weight is 128 g/mol. The summed E-state index contributed by atoms with van der Waals surface area (Å²) in [4.78, 5) is 0. The summed E-state index contributed by atoms with van der Waals surface area (Å²) in [6, 6.07) is 0. The van der Waals surface area contributed by atoms with E-state index in [1.165, 1.54) is 0 Å². The van der Waals surface area contributed by atoms with Crippen LogP contribution in [0, 0.1) is 0 Å². The van der Waals surface area contributed by atoms with Crippen LogP contribution in [0.25, 0.3) is 0 Å². The summed E-state index contributed by atoms with van der Waals surface area (Å²) in [7, 11) is 1.63. The van der Waals surface area contributed by atoms with Gasteiger partial charge in [-0.15, -0.1) is 0 Å². The molecule has 0 N–H and O–H groups in total. The fourth-order valence-electron chi connectivity index (χ4n) is 0.234. The quantitative estimate of drug-likeness (QED) is 0.410. The van der Waals surface area contributed by atoms with Crippen LogP contribution >= 0.6 is 0 Å². The Bertz CT molecular complexity index is 82.6. The lowest BCUT2D eigenvalue weighted by molar-refractivity contribution is 0.294. The fourth-order valence-corrected chi connectivity index (χ4v) is 0.234. The number of hydrogen-bond donors (Lipinski definition) is 0. The smallest absolute Gasteiger partial charge is 0.0924 e. The van der Waals surface area contributed by atoms with Crippen LogP contribution in [0.1, 0.15) is 20.8 Å². The van der Waals surface area contributed by atoms with E-state index in [9.17, 15) is 0 Å². The minimum absolute atomic E-state index is 0.884. The highest BCUT2D eigenvalue weighted by molar-refractivity contribution is 5.01. The molecule has 54 valence electrons. The van der Waals surface area contributed by atoms with E-state index in [1.54, 1.807) is 19.3 Å². The van der Waals surface area contributed by atoms with Crippen molar-refractivity contribution in [2.75, 3.05) is 7.11 Å². The molecule has 0 spiro atoms. The summed E-state index contributed by atoms with van der Waals surface area (Å²) in [5, 5.41) is 0. The van der Waals surface area contributed by atoms with Crippen LogP contribution in [0.15, 0.2) is 24.5 Å². The molecule has 0 saturated heterocycles. The van der Waals surface area contributed by atoms with Gasteiger partial charge in [-0.25, -0.2) is 0 Å². The maximum absolute atomic E-state index is 4.78. The molecule has 0 aromatic rings. The highest BCUT2D eigenvalue weighted by Gasteiger charge is 1.74. The standard InChI is InChI=1S/C6H10O.C2H6/c1-4-5-6(2)7-3;1-2/h4-5H,1H2,2-3H3;1-2H3/b6-5+;. The molecule has 1 heteroatoms. The third-order valence-corrected chi connectivity index (χ3v) is 0.675. The van der Waals surface area contributed by atoms with Crippen LogP contribution in [-0.2, 0) is 4.74 Å². The molecule has 0 saturated carbocycles. The molecule has 0 atom stereocenters. The van der Waals surface area contributed by atoms with Crippen molar-refractivity contribution < 1.29 is 4.74 Å². The molecule has 1 nitrogen and oxygen atoms in total. The first-order valence-corrected chi connectivity index (χ1v) is 3.14. The molecule has 0 aliphatic carbocycles. The molecule has 0 aliphatic heterocycles. The lowest BCUT2D eigenvalue weighted by atomic mass is 10.5. The maximum atomic E-state index is 4.78. The van der Waals surface area contributed by atoms with Crippen LogP contribution in [-0.4, -0.2) is 7.11 Å².